The number of imidazole rings is 1. The van der Waals surface area contributed by atoms with Crippen LogP contribution in [0.4, 0.5) is 5.69 Å². The molecule has 8 heteroatoms. The quantitative estimate of drug-likeness (QED) is 0.291. The van der Waals surface area contributed by atoms with Crippen molar-refractivity contribution in [3.05, 3.63) is 107 Å². The average molecular weight is 520 g/mol. The number of nitrogens with zero attached hydrogens (tertiary/aromatic N) is 3. The molecule has 0 atom stereocenters. The molecule has 0 fully saturated rings. The first-order valence-corrected chi connectivity index (χ1v) is 12.5. The van der Waals surface area contributed by atoms with Crippen LogP contribution in [0, 0.1) is 6.92 Å². The molecule has 6 aromatic rings. The molecule has 0 radical (unpaired) electrons. The lowest BCUT2D eigenvalue weighted by molar-refractivity contribution is -0.115. The summed E-state index contributed by atoms with van der Waals surface area (Å²) in [4.78, 5) is 29.7. The normalized spacial score (nSPS) is 11.2. The molecule has 0 bridgehead atoms. The van der Waals surface area contributed by atoms with Crippen molar-refractivity contribution in [2.45, 2.75) is 6.92 Å². The van der Waals surface area contributed by atoms with Gasteiger partial charge in [-0.2, -0.15) is 5.10 Å². The number of fused-ring (bicyclic) bond motifs is 5. The van der Waals surface area contributed by atoms with Crippen LogP contribution >= 0.6 is 11.6 Å². The van der Waals surface area contributed by atoms with Gasteiger partial charge in [0, 0.05) is 22.0 Å². The van der Waals surface area contributed by atoms with Crippen molar-refractivity contribution in [2.24, 2.45) is 0 Å². The van der Waals surface area contributed by atoms with E-state index in [1.165, 1.54) is 5.56 Å². The lowest BCUT2D eigenvalue weighted by Crippen LogP contribution is -2.33. The number of aryl methyl sites for hydroxylation is 1. The van der Waals surface area contributed by atoms with Gasteiger partial charge in [-0.15, -0.1) is 0 Å². The Morgan fingerprint density at radius 3 is 2.42 bits per heavy atom. The van der Waals surface area contributed by atoms with E-state index in [1.807, 2.05) is 28.8 Å². The Balaban J connectivity index is 1.30. The van der Waals surface area contributed by atoms with Gasteiger partial charge in [0.05, 0.1) is 33.9 Å². The molecular weight excluding hydrogens is 498 g/mol. The molecule has 2 N–H and O–H groups in total. The van der Waals surface area contributed by atoms with Crippen molar-refractivity contribution in [1.82, 2.24) is 19.9 Å². The number of rotatable bonds is 5. The van der Waals surface area contributed by atoms with Gasteiger partial charge in [-0.1, -0.05) is 77.8 Å². The summed E-state index contributed by atoms with van der Waals surface area (Å²) < 4.78 is 1.85. The van der Waals surface area contributed by atoms with Crippen molar-refractivity contribution >= 4 is 56.6 Å². The number of carbonyl (C=O) groups excluding carboxylic acids is 2. The van der Waals surface area contributed by atoms with Crippen molar-refractivity contribution in [3.8, 4) is 11.3 Å². The average Bonchev–Trinajstić information content (AvgIpc) is 3.30. The van der Waals surface area contributed by atoms with Gasteiger partial charge in [0.2, 0.25) is 5.91 Å². The van der Waals surface area contributed by atoms with E-state index in [-0.39, 0.29) is 12.5 Å². The summed E-state index contributed by atoms with van der Waals surface area (Å²) in [6, 6.07) is 28.6. The first-order chi connectivity index (χ1) is 18.5. The van der Waals surface area contributed by atoms with Crippen LogP contribution in [-0.2, 0) is 4.79 Å². The maximum absolute atomic E-state index is 12.5. The smallest absolute Gasteiger partial charge is 0.253 e. The largest absolute Gasteiger partial charge is 0.343 e. The minimum absolute atomic E-state index is 0.195. The molecule has 2 amide bonds. The Morgan fingerprint density at radius 2 is 1.63 bits per heavy atom. The number of anilines is 1. The molecule has 0 saturated carbocycles. The summed E-state index contributed by atoms with van der Waals surface area (Å²) in [6.07, 6.45) is 0. The zero-order chi connectivity index (χ0) is 26.2. The minimum atomic E-state index is -0.413. The number of carbonyl (C=O) groups is 2. The van der Waals surface area contributed by atoms with Crippen LogP contribution in [0.1, 0.15) is 15.9 Å². The van der Waals surface area contributed by atoms with E-state index in [0.717, 1.165) is 33.2 Å². The molecule has 2 heterocycles. The number of hydrogen-bond donors (Lipinski definition) is 2. The van der Waals surface area contributed by atoms with Gasteiger partial charge in [0.25, 0.3) is 5.91 Å². The zero-order valence-corrected chi connectivity index (χ0v) is 21.2. The number of halogens is 1. The highest BCUT2D eigenvalue weighted by Gasteiger charge is 2.16. The van der Waals surface area contributed by atoms with Gasteiger partial charge in [0.1, 0.15) is 0 Å². The van der Waals surface area contributed by atoms with Crippen LogP contribution in [0.15, 0.2) is 91.0 Å². The van der Waals surface area contributed by atoms with Crippen molar-refractivity contribution < 1.29 is 9.59 Å². The lowest BCUT2D eigenvalue weighted by Gasteiger charge is -2.09. The number of aromatic nitrogens is 3. The van der Waals surface area contributed by atoms with Gasteiger partial charge >= 0.3 is 0 Å². The van der Waals surface area contributed by atoms with Crippen molar-refractivity contribution in [2.75, 3.05) is 11.9 Å². The van der Waals surface area contributed by atoms with Crippen LogP contribution in [0.3, 0.4) is 0 Å². The lowest BCUT2D eigenvalue weighted by atomic mass is 10.0. The van der Waals surface area contributed by atoms with Gasteiger partial charge < -0.3 is 10.6 Å². The van der Waals surface area contributed by atoms with Gasteiger partial charge in [-0.3, -0.25) is 9.59 Å². The van der Waals surface area contributed by atoms with E-state index in [4.69, 9.17) is 21.7 Å². The number of nitrogens with one attached hydrogen (secondary N) is 2. The van der Waals surface area contributed by atoms with E-state index in [0.29, 0.717) is 21.8 Å². The maximum atomic E-state index is 12.5. The standard InChI is InChI=1S/C30H22ClN5O2/c1-18-10-12-19(13-11-18)28-21-6-2-3-7-22(21)29-34-25-16-20(14-15-26(25)36(29)35-28)33-27(37)17-32-30(38)23-8-4-5-9-24(23)31/h2-16H,17H2,1H3,(H,32,38)(H,33,37). The minimum Gasteiger partial charge on any atom is -0.343 e. The van der Waals surface area contributed by atoms with E-state index in [9.17, 15) is 9.59 Å². The SMILES string of the molecule is Cc1ccc(-c2nn3c4ccc(NC(=O)CNC(=O)c5ccccc5Cl)cc4nc3c3ccccc23)cc1. The fraction of sp³-hybridized carbons (Fsp3) is 0.0667. The highest BCUT2D eigenvalue weighted by molar-refractivity contribution is 6.33. The molecule has 2 aromatic heterocycles. The zero-order valence-electron chi connectivity index (χ0n) is 20.4. The Bertz CT molecular complexity index is 1860. The van der Waals surface area contributed by atoms with Crippen LogP contribution < -0.4 is 10.6 Å². The van der Waals surface area contributed by atoms with Crippen LogP contribution in [-0.4, -0.2) is 33.0 Å². The fourth-order valence-corrected chi connectivity index (χ4v) is 4.71. The summed E-state index contributed by atoms with van der Waals surface area (Å²) in [5.74, 6) is -0.775. The maximum Gasteiger partial charge on any atom is 0.253 e. The molecule has 0 aliphatic heterocycles. The van der Waals surface area contributed by atoms with Gasteiger partial charge in [-0.05, 0) is 37.3 Å². The Kier molecular flexibility index (Phi) is 5.98. The summed E-state index contributed by atoms with van der Waals surface area (Å²) in [7, 11) is 0. The molecular formula is C30H22ClN5O2. The highest BCUT2D eigenvalue weighted by Crippen LogP contribution is 2.31. The Labute approximate surface area is 223 Å². The monoisotopic (exact) mass is 519 g/mol. The molecule has 186 valence electrons. The topological polar surface area (TPSA) is 88.4 Å². The summed E-state index contributed by atoms with van der Waals surface area (Å²) in [6.45, 7) is 1.87. The van der Waals surface area contributed by atoms with E-state index in [2.05, 4.69) is 47.9 Å². The highest BCUT2D eigenvalue weighted by atomic mass is 35.5. The second-order valence-corrected chi connectivity index (χ2v) is 9.43. The molecule has 0 unspecified atom stereocenters. The Morgan fingerprint density at radius 1 is 0.895 bits per heavy atom. The van der Waals surface area contributed by atoms with Crippen molar-refractivity contribution in [1.29, 1.82) is 0 Å². The first-order valence-electron chi connectivity index (χ1n) is 12.1. The number of benzene rings is 4. The summed E-state index contributed by atoms with van der Waals surface area (Å²) in [5, 5.41) is 12.7. The third-order valence-corrected chi connectivity index (χ3v) is 6.72. The summed E-state index contributed by atoms with van der Waals surface area (Å²) in [5.41, 5.74) is 6.23. The molecule has 0 saturated heterocycles. The van der Waals surface area contributed by atoms with Gasteiger partial charge in [-0.25, -0.2) is 9.50 Å². The Hall–Kier alpha value is -4.75. The van der Waals surface area contributed by atoms with Crippen LogP contribution in [0.25, 0.3) is 38.7 Å². The fourth-order valence-electron chi connectivity index (χ4n) is 4.49. The molecule has 0 spiro atoms. The van der Waals surface area contributed by atoms with Crippen molar-refractivity contribution in [3.63, 3.8) is 0 Å². The molecule has 38 heavy (non-hydrogen) atoms. The number of amides is 2. The molecule has 0 aliphatic carbocycles. The molecule has 7 nitrogen and oxygen atoms in total. The molecule has 0 aliphatic rings. The van der Waals surface area contributed by atoms with E-state index < -0.39 is 5.91 Å². The second kappa shape index (κ2) is 9.61. The van der Waals surface area contributed by atoms with Crippen LogP contribution in [0.5, 0.6) is 0 Å². The predicted octanol–water partition coefficient (Wildman–Crippen LogP) is 6.03. The first kappa shape index (κ1) is 23.6. The second-order valence-electron chi connectivity index (χ2n) is 9.02. The third kappa shape index (κ3) is 4.33. The molecule has 6 rings (SSSR count). The number of hydrogen-bond acceptors (Lipinski definition) is 4. The third-order valence-electron chi connectivity index (χ3n) is 6.39. The summed E-state index contributed by atoms with van der Waals surface area (Å²) >= 11 is 6.06. The van der Waals surface area contributed by atoms with E-state index >= 15 is 0 Å². The predicted molar refractivity (Wildman–Crippen MR) is 151 cm³/mol. The van der Waals surface area contributed by atoms with Gasteiger partial charge in [0.15, 0.2) is 5.65 Å². The molecule has 4 aromatic carbocycles. The van der Waals surface area contributed by atoms with Crippen LogP contribution in [0.2, 0.25) is 5.02 Å². The van der Waals surface area contributed by atoms with E-state index in [1.54, 1.807) is 36.4 Å².